The minimum Gasteiger partial charge on any atom is -0.298 e. The predicted molar refractivity (Wildman–Crippen MR) is 83.3 cm³/mol. The number of benzene rings is 2. The summed E-state index contributed by atoms with van der Waals surface area (Å²) in [4.78, 5) is 11.8. The molecule has 2 aromatic carbocycles. The van der Waals surface area contributed by atoms with Gasteiger partial charge in [0.15, 0.2) is 0 Å². The van der Waals surface area contributed by atoms with Crippen LogP contribution in [-0.4, -0.2) is 15.7 Å². The molecule has 2 nitrogen and oxygen atoms in total. The first kappa shape index (κ1) is 15.9. The van der Waals surface area contributed by atoms with E-state index in [-0.39, 0.29) is 18.0 Å². The number of hydrogen-bond donors (Lipinski definition) is 0. The normalized spacial score (nSPS) is 12.1. The lowest BCUT2D eigenvalue weighted by molar-refractivity contribution is -0.116. The molecule has 0 radical (unpaired) electrons. The predicted octanol–water partition coefficient (Wildman–Crippen LogP) is 3.54. The van der Waals surface area contributed by atoms with Crippen LogP contribution in [0, 0.1) is 5.82 Å². The summed E-state index contributed by atoms with van der Waals surface area (Å²) in [5, 5.41) is 0.611. The Morgan fingerprint density at radius 3 is 2.43 bits per heavy atom. The first-order valence-electron chi connectivity index (χ1n) is 6.39. The summed E-state index contributed by atoms with van der Waals surface area (Å²) in [6.07, 6.45) is -0.0287. The van der Waals surface area contributed by atoms with E-state index in [1.54, 1.807) is 42.5 Å². The monoisotopic (exact) mass is 324 g/mol. The van der Waals surface area contributed by atoms with Crippen LogP contribution in [-0.2, 0) is 27.8 Å². The van der Waals surface area contributed by atoms with E-state index in [4.69, 9.17) is 11.6 Å². The summed E-state index contributed by atoms with van der Waals surface area (Å²) in [6.45, 7) is 0. The maximum Gasteiger partial charge on any atom is 0.149 e. The molecule has 0 aliphatic heterocycles. The molecule has 0 aromatic heterocycles. The van der Waals surface area contributed by atoms with E-state index in [1.807, 2.05) is 0 Å². The van der Waals surface area contributed by atoms with Crippen molar-refractivity contribution in [1.29, 1.82) is 0 Å². The second-order valence-corrected chi connectivity index (χ2v) is 6.56. The van der Waals surface area contributed by atoms with Crippen molar-refractivity contribution in [2.24, 2.45) is 0 Å². The van der Waals surface area contributed by atoms with Crippen LogP contribution >= 0.6 is 11.6 Å². The van der Waals surface area contributed by atoms with Crippen molar-refractivity contribution in [2.75, 3.05) is 5.75 Å². The minimum atomic E-state index is -1.30. The Morgan fingerprint density at radius 1 is 1.10 bits per heavy atom. The first-order valence-corrected chi connectivity index (χ1v) is 8.26. The van der Waals surface area contributed by atoms with Gasteiger partial charge in [0.05, 0.1) is 5.75 Å². The smallest absolute Gasteiger partial charge is 0.149 e. The van der Waals surface area contributed by atoms with Crippen LogP contribution in [0.5, 0.6) is 0 Å². The van der Waals surface area contributed by atoms with Crippen molar-refractivity contribution in [3.63, 3.8) is 0 Å². The van der Waals surface area contributed by atoms with E-state index in [1.165, 1.54) is 6.07 Å². The Labute approximate surface area is 130 Å². The summed E-state index contributed by atoms with van der Waals surface area (Å²) in [5.41, 5.74) is 1.20. The molecule has 0 amide bonds. The highest BCUT2D eigenvalue weighted by molar-refractivity contribution is 7.84. The van der Waals surface area contributed by atoms with E-state index in [0.29, 0.717) is 16.3 Å². The van der Waals surface area contributed by atoms with Crippen LogP contribution in [0.1, 0.15) is 11.1 Å². The third-order valence-electron chi connectivity index (χ3n) is 2.91. The number of carbonyl (C=O) groups excluding carboxylic acids is 1. The van der Waals surface area contributed by atoms with Gasteiger partial charge in [0, 0.05) is 28.0 Å². The Hall–Kier alpha value is -1.52. The molecule has 110 valence electrons. The minimum absolute atomic E-state index is 0.0287. The van der Waals surface area contributed by atoms with Crippen molar-refractivity contribution in [1.82, 2.24) is 0 Å². The summed E-state index contributed by atoms with van der Waals surface area (Å²) in [7, 11) is -1.30. The maximum atomic E-state index is 13.4. The number of rotatable bonds is 6. The molecule has 2 rings (SSSR count). The molecular weight excluding hydrogens is 311 g/mol. The fourth-order valence-electron chi connectivity index (χ4n) is 1.90. The zero-order valence-corrected chi connectivity index (χ0v) is 12.8. The lowest BCUT2D eigenvalue weighted by atomic mass is 10.1. The molecule has 1 unspecified atom stereocenters. The highest BCUT2D eigenvalue weighted by Crippen LogP contribution is 2.12. The fourth-order valence-corrected chi connectivity index (χ4v) is 3.16. The van der Waals surface area contributed by atoms with Gasteiger partial charge in [-0.25, -0.2) is 4.39 Å². The Balaban J connectivity index is 1.89. The summed E-state index contributed by atoms with van der Waals surface area (Å²) in [5.74, 6) is -0.418. The largest absolute Gasteiger partial charge is 0.298 e. The molecule has 0 fully saturated rings. The van der Waals surface area contributed by atoms with E-state index in [2.05, 4.69) is 0 Å². The van der Waals surface area contributed by atoms with Crippen LogP contribution in [0.4, 0.5) is 4.39 Å². The average molecular weight is 325 g/mol. The summed E-state index contributed by atoms with van der Waals surface area (Å²) >= 11 is 5.77. The second kappa shape index (κ2) is 7.48. The summed E-state index contributed by atoms with van der Waals surface area (Å²) in [6, 6.07) is 13.1. The number of halogens is 2. The number of hydrogen-bond acceptors (Lipinski definition) is 2. The molecule has 1 atom stereocenters. The molecular formula is C16H14ClFO2S. The summed E-state index contributed by atoms with van der Waals surface area (Å²) < 4.78 is 25.4. The van der Waals surface area contributed by atoms with Gasteiger partial charge in [0.2, 0.25) is 0 Å². The molecule has 5 heteroatoms. The second-order valence-electron chi connectivity index (χ2n) is 4.66. The molecule has 0 saturated carbocycles. The van der Waals surface area contributed by atoms with Crippen molar-refractivity contribution in [3.8, 4) is 0 Å². The standard InChI is InChI=1S/C16H14ClFO2S/c17-14-7-5-12(6-8-14)10-21(20)11-15(19)9-13-3-1-2-4-16(13)18/h1-8H,9-11H2. The third kappa shape index (κ3) is 5.06. The van der Waals surface area contributed by atoms with E-state index >= 15 is 0 Å². The van der Waals surface area contributed by atoms with E-state index < -0.39 is 16.6 Å². The highest BCUT2D eigenvalue weighted by atomic mass is 35.5. The van der Waals surface area contributed by atoms with Crippen LogP contribution in [0.3, 0.4) is 0 Å². The van der Waals surface area contributed by atoms with Crippen LogP contribution in [0.25, 0.3) is 0 Å². The molecule has 0 aliphatic rings. The fraction of sp³-hybridized carbons (Fsp3) is 0.188. The maximum absolute atomic E-state index is 13.4. The molecule has 0 spiro atoms. The Morgan fingerprint density at radius 2 is 1.76 bits per heavy atom. The molecule has 0 aliphatic carbocycles. The zero-order valence-electron chi connectivity index (χ0n) is 11.2. The van der Waals surface area contributed by atoms with Gasteiger partial charge in [-0.05, 0) is 29.3 Å². The SMILES string of the molecule is O=C(Cc1ccccc1F)CS(=O)Cc1ccc(Cl)cc1. The molecule has 0 bridgehead atoms. The molecule has 0 heterocycles. The molecule has 0 saturated heterocycles. The highest BCUT2D eigenvalue weighted by Gasteiger charge is 2.12. The quantitative estimate of drug-likeness (QED) is 0.814. The van der Waals surface area contributed by atoms with E-state index in [9.17, 15) is 13.4 Å². The van der Waals surface area contributed by atoms with Crippen molar-refractivity contribution in [2.45, 2.75) is 12.2 Å². The number of Topliss-reactive ketones (excluding diaryl/α,β-unsaturated/α-hetero) is 1. The zero-order chi connectivity index (χ0) is 15.2. The van der Waals surface area contributed by atoms with Crippen LogP contribution < -0.4 is 0 Å². The van der Waals surface area contributed by atoms with Crippen LogP contribution in [0.15, 0.2) is 48.5 Å². The number of carbonyl (C=O) groups is 1. The van der Waals surface area contributed by atoms with Gasteiger partial charge >= 0.3 is 0 Å². The first-order chi connectivity index (χ1) is 10.0. The molecule has 21 heavy (non-hydrogen) atoms. The third-order valence-corrected chi connectivity index (χ3v) is 4.46. The van der Waals surface area contributed by atoms with Gasteiger partial charge < -0.3 is 0 Å². The van der Waals surface area contributed by atoms with E-state index in [0.717, 1.165) is 5.56 Å². The van der Waals surface area contributed by atoms with Crippen LogP contribution in [0.2, 0.25) is 5.02 Å². The van der Waals surface area contributed by atoms with Gasteiger partial charge in [0.1, 0.15) is 11.6 Å². The lowest BCUT2D eigenvalue weighted by Gasteiger charge is -2.04. The van der Waals surface area contributed by atoms with Gasteiger partial charge in [-0.2, -0.15) is 0 Å². The topological polar surface area (TPSA) is 34.1 Å². The van der Waals surface area contributed by atoms with Crippen molar-refractivity contribution < 1.29 is 13.4 Å². The Kier molecular flexibility index (Phi) is 5.65. The average Bonchev–Trinajstić information content (AvgIpc) is 2.44. The van der Waals surface area contributed by atoms with Gasteiger partial charge in [-0.15, -0.1) is 0 Å². The molecule has 2 aromatic rings. The van der Waals surface area contributed by atoms with Gasteiger partial charge in [0.25, 0.3) is 0 Å². The Bertz CT molecular complexity index is 656. The lowest BCUT2D eigenvalue weighted by Crippen LogP contribution is -2.15. The number of ketones is 1. The van der Waals surface area contributed by atoms with Crippen molar-refractivity contribution in [3.05, 3.63) is 70.5 Å². The molecule has 0 N–H and O–H groups in total. The van der Waals surface area contributed by atoms with Gasteiger partial charge in [-0.3, -0.25) is 9.00 Å². The van der Waals surface area contributed by atoms with Crippen molar-refractivity contribution >= 4 is 28.2 Å². The van der Waals surface area contributed by atoms with Gasteiger partial charge in [-0.1, -0.05) is 41.9 Å².